The fraction of sp³-hybridized carbons (Fsp3) is 0.315. The molecule has 2 N–H and O–H groups in total. The number of hydrogen-bond donors (Lipinski definition) is 2. The van der Waals surface area contributed by atoms with Gasteiger partial charge < -0.3 is 37.4 Å². The first-order valence-electron chi connectivity index (χ1n) is 22.0. The maximum atomic E-state index is 12.8. The van der Waals surface area contributed by atoms with Crippen LogP contribution in [0.2, 0.25) is 26.2 Å². The quantitative estimate of drug-likeness (QED) is 0.141. The van der Waals surface area contributed by atoms with Crippen molar-refractivity contribution in [3.05, 3.63) is 166 Å². The van der Waals surface area contributed by atoms with E-state index in [1.165, 1.54) is 49.6 Å². The molecule has 0 saturated heterocycles. The number of thioether (sulfide) groups is 2. The van der Waals surface area contributed by atoms with E-state index < -0.39 is 16.1 Å². The fourth-order valence-corrected chi connectivity index (χ4v) is 18.0. The first kappa shape index (κ1) is 52.5. The molecule has 0 amide bonds. The molecule has 6 aromatic carbocycles. The van der Waals surface area contributed by atoms with Crippen LogP contribution in [-0.4, -0.2) is 92.0 Å². The number of ketones is 1. The van der Waals surface area contributed by atoms with Gasteiger partial charge in [0.25, 0.3) is 0 Å². The van der Waals surface area contributed by atoms with Gasteiger partial charge in [0.1, 0.15) is 16.1 Å². The van der Waals surface area contributed by atoms with E-state index in [2.05, 4.69) is 198 Å². The van der Waals surface area contributed by atoms with Gasteiger partial charge in [0.2, 0.25) is 0 Å². The summed E-state index contributed by atoms with van der Waals surface area (Å²) in [5.74, 6) is 2.28. The molecule has 9 rings (SSSR count). The summed E-state index contributed by atoms with van der Waals surface area (Å²) in [6.45, 7) is 16.4. The number of hydrogen-bond acceptors (Lipinski definition) is 7. The van der Waals surface area contributed by atoms with E-state index in [9.17, 15) is 4.79 Å². The van der Waals surface area contributed by atoms with Gasteiger partial charge in [0, 0.05) is 86.7 Å². The van der Waals surface area contributed by atoms with E-state index in [1.807, 2.05) is 62.3 Å². The third-order valence-corrected chi connectivity index (χ3v) is 22.8. The number of halogens is 1. The molecule has 65 heavy (non-hydrogen) atoms. The summed E-state index contributed by atoms with van der Waals surface area (Å²) < 4.78 is 0.253. The second-order valence-electron chi connectivity index (χ2n) is 19.3. The summed E-state index contributed by atoms with van der Waals surface area (Å²) in [7, 11) is 8.67. The van der Waals surface area contributed by atoms with Crippen molar-refractivity contribution in [2.45, 2.75) is 68.0 Å². The summed E-state index contributed by atoms with van der Waals surface area (Å²) in [5.41, 5.74) is 13.8. The van der Waals surface area contributed by atoms with Gasteiger partial charge in [-0.05, 0) is 109 Å². The molecule has 336 valence electrons. The Morgan fingerprint density at radius 2 is 1.15 bits per heavy atom. The van der Waals surface area contributed by atoms with E-state index in [-0.39, 0.29) is 50.6 Å². The third kappa shape index (κ3) is 10.4. The molecule has 0 bridgehead atoms. The van der Waals surface area contributed by atoms with Crippen LogP contribution < -0.4 is 58.2 Å². The molecule has 0 aliphatic carbocycles. The van der Waals surface area contributed by atoms with Crippen molar-refractivity contribution in [1.82, 2.24) is 0 Å². The molecule has 0 atom stereocenters. The Bertz CT molecular complexity index is 2530. The van der Waals surface area contributed by atoms with E-state index in [0.29, 0.717) is 4.75 Å². The van der Waals surface area contributed by atoms with Crippen molar-refractivity contribution in [2.75, 3.05) is 62.7 Å². The average Bonchev–Trinajstić information content (AvgIpc) is 3.67. The van der Waals surface area contributed by atoms with Crippen LogP contribution in [0.4, 0.5) is 22.7 Å². The van der Waals surface area contributed by atoms with Crippen molar-refractivity contribution in [3.63, 3.8) is 0 Å². The number of rotatable bonds is 6. The van der Waals surface area contributed by atoms with Crippen LogP contribution in [0.1, 0.15) is 64.5 Å². The molecule has 11 heteroatoms. The van der Waals surface area contributed by atoms with Gasteiger partial charge in [-0.2, -0.15) is 47.7 Å². The number of carbonyl (C=O) groups excluding carboxylic acids is 1. The Balaban J connectivity index is 0.000000198. The normalized spacial score (nSPS) is 15.0. The maximum absolute atomic E-state index is 12.8. The molecule has 3 aliphatic heterocycles. The Hall–Kier alpha value is -3.43. The molecule has 5 nitrogen and oxygen atoms in total. The number of nitrogens with one attached hydrogen (secondary N) is 2. The average molecular weight is 1010 g/mol. The van der Waals surface area contributed by atoms with Gasteiger partial charge in [0.15, 0.2) is 5.78 Å². The smallest absolute Gasteiger partial charge is 1.00 e. The van der Waals surface area contributed by atoms with Crippen molar-refractivity contribution in [2.24, 2.45) is 0 Å². The number of nitrogens with zero attached hydrogens (tertiary/aromatic N) is 2. The summed E-state index contributed by atoms with van der Waals surface area (Å²) in [6.07, 6.45) is 0. The molecule has 3 heterocycles. The Morgan fingerprint density at radius 1 is 0.662 bits per heavy atom. The number of carbonyl (C=O) groups is 1. The number of benzene rings is 6. The van der Waals surface area contributed by atoms with Gasteiger partial charge in [0.05, 0.1) is 4.75 Å². The predicted octanol–water partition coefficient (Wildman–Crippen LogP) is 6.77. The second kappa shape index (κ2) is 20.8. The van der Waals surface area contributed by atoms with Crippen LogP contribution >= 0.6 is 23.5 Å². The van der Waals surface area contributed by atoms with Crippen LogP contribution in [-0.2, 0) is 16.3 Å². The third-order valence-electron chi connectivity index (χ3n) is 12.9. The molecule has 0 unspecified atom stereocenters. The monoisotopic (exact) mass is 1010 g/mol. The molecular formula is C54H65BrMgN4OS2Si2. The molecule has 6 aromatic rings. The van der Waals surface area contributed by atoms with Crippen LogP contribution in [0.5, 0.6) is 0 Å². The second-order valence-corrected chi connectivity index (χ2v) is 30.9. The molecule has 0 saturated carbocycles. The van der Waals surface area contributed by atoms with E-state index in [0.717, 1.165) is 34.0 Å². The minimum absolute atomic E-state index is 0. The first-order chi connectivity index (χ1) is 29.8. The zero-order chi connectivity index (χ0) is 45.5. The van der Waals surface area contributed by atoms with Crippen molar-refractivity contribution in [3.8, 4) is 0 Å². The summed E-state index contributed by atoms with van der Waals surface area (Å²) in [5, 5.41) is 12.0. The molecule has 0 aromatic heterocycles. The largest absolute Gasteiger partial charge is 2.00 e. The van der Waals surface area contributed by atoms with E-state index >= 15 is 0 Å². The topological polar surface area (TPSA) is 47.6 Å². The minimum Gasteiger partial charge on any atom is -1.00 e. The standard InChI is InChI=1S/C26H30N2SSi.C17H20N2OSi.C11H15S.BrH.Mg/c1-27(2)19-11-13-22-24(15-19)30(5,6)25-16-20(28(3)4)12-14-23(25)26(22)21-10-8-7-9-18(21)17-29-26;1-18-11-5-7-13-15(9-11)21(3,4)16-10-12(19-2)6-8-14(16)17(13)20;1-11(2,3)12-9-10-7-5-4-6-8-10;;/h7-16H,17H2,1-6H3;5-10,18-19H,1-4H3;4-7H,9H2,1-3H3;1H;/q;;-1;;+2/p-1. The zero-order valence-electron chi connectivity index (χ0n) is 40.7. The zero-order valence-corrected chi connectivity index (χ0v) is 47.3. The van der Waals surface area contributed by atoms with Gasteiger partial charge in [-0.3, -0.25) is 4.79 Å². The van der Waals surface area contributed by atoms with Crippen molar-refractivity contribution < 1.29 is 21.8 Å². The molecular weight excluding hydrogens is 945 g/mol. The SMILES string of the molecule is CC(C)(C)SCc1[c-]cccc1.CN(C)c1ccc2c(c1)[Si](C)(C)c1cc(N(C)C)ccc1C21SCc2ccccc21.CNc1ccc2c(c1)[Si](C)(C)c1cc(NC)ccc1C2=O.[Br-].[Mg+2]. The Kier molecular flexibility index (Phi) is 16.8. The van der Waals surface area contributed by atoms with E-state index in [4.69, 9.17) is 0 Å². The van der Waals surface area contributed by atoms with Crippen molar-refractivity contribution >= 4 is 112 Å². The maximum Gasteiger partial charge on any atom is 2.00 e. The van der Waals surface area contributed by atoms with Gasteiger partial charge in [-0.1, -0.05) is 83.4 Å². The first-order valence-corrected chi connectivity index (χ1v) is 30.0. The molecule has 1 spiro atoms. The molecule has 0 radical (unpaired) electrons. The van der Waals surface area contributed by atoms with Gasteiger partial charge >= 0.3 is 23.1 Å². The summed E-state index contributed by atoms with van der Waals surface area (Å²) in [4.78, 5) is 17.2. The van der Waals surface area contributed by atoms with Gasteiger partial charge in [-0.25, -0.2) is 0 Å². The summed E-state index contributed by atoms with van der Waals surface area (Å²) >= 11 is 4.06. The van der Waals surface area contributed by atoms with Crippen LogP contribution in [0, 0.1) is 6.07 Å². The Labute approximate surface area is 427 Å². The van der Waals surface area contributed by atoms with Crippen molar-refractivity contribution in [1.29, 1.82) is 0 Å². The van der Waals surface area contributed by atoms with Crippen LogP contribution in [0.3, 0.4) is 0 Å². The predicted molar refractivity (Wildman–Crippen MR) is 290 cm³/mol. The summed E-state index contributed by atoms with van der Waals surface area (Å²) in [6, 6.07) is 47.1. The van der Waals surface area contributed by atoms with Crippen LogP contribution in [0.25, 0.3) is 0 Å². The molecule has 3 aliphatic rings. The Morgan fingerprint density at radius 3 is 1.62 bits per heavy atom. The molecule has 0 fully saturated rings. The minimum atomic E-state index is -1.87. The van der Waals surface area contributed by atoms with Crippen LogP contribution in [0.15, 0.2) is 121 Å². The van der Waals surface area contributed by atoms with E-state index in [1.54, 1.807) is 10.4 Å². The fourth-order valence-electron chi connectivity index (χ4n) is 9.19. The van der Waals surface area contributed by atoms with Gasteiger partial charge in [-0.15, -0.1) is 11.8 Å². The number of fused-ring (bicyclic) bond motifs is 8. The number of anilines is 4.